The molecule has 1 nitrogen and oxygen atoms in total. The van der Waals surface area contributed by atoms with Crippen molar-refractivity contribution in [3.05, 3.63) is 36.5 Å². The first-order valence-electron chi connectivity index (χ1n) is 9.17. The predicted molar refractivity (Wildman–Crippen MR) is 88.9 cm³/mol. The van der Waals surface area contributed by atoms with Crippen LogP contribution in [0.2, 0.25) is 0 Å². The smallest absolute Gasteiger partial charge is 0.0270 e. The van der Waals surface area contributed by atoms with E-state index in [0.717, 1.165) is 17.8 Å². The van der Waals surface area contributed by atoms with Crippen molar-refractivity contribution in [2.24, 2.45) is 17.8 Å². The normalized spacial score (nSPS) is 21.8. The molecule has 1 heterocycles. The Bertz CT molecular complexity index is 370. The molecule has 2 aliphatic carbocycles. The largest absolute Gasteiger partial charge is 0.265 e. The van der Waals surface area contributed by atoms with Crippen molar-refractivity contribution in [2.45, 2.75) is 70.6 Å². The summed E-state index contributed by atoms with van der Waals surface area (Å²) in [6, 6.07) is 4.30. The zero-order valence-electron chi connectivity index (χ0n) is 13.3. The first kappa shape index (κ1) is 15.1. The van der Waals surface area contributed by atoms with Gasteiger partial charge in [-0.3, -0.25) is 4.98 Å². The van der Waals surface area contributed by atoms with Gasteiger partial charge in [-0.05, 0) is 48.3 Å². The zero-order valence-corrected chi connectivity index (χ0v) is 13.3. The van der Waals surface area contributed by atoms with Crippen LogP contribution in [0.5, 0.6) is 0 Å². The summed E-state index contributed by atoms with van der Waals surface area (Å²) in [5.41, 5.74) is 1.36. The lowest BCUT2D eigenvalue weighted by Crippen LogP contribution is -2.27. The SMILES string of the molecule is [CH](CC(C1CCCCC1)C1CCCCC1)c1ccncc1. The number of aromatic nitrogens is 1. The molecule has 21 heavy (non-hydrogen) atoms. The Morgan fingerprint density at radius 1 is 0.857 bits per heavy atom. The van der Waals surface area contributed by atoms with E-state index in [1.165, 1.54) is 76.2 Å². The molecule has 2 aliphatic rings. The van der Waals surface area contributed by atoms with Crippen LogP contribution in [0.25, 0.3) is 0 Å². The number of rotatable bonds is 5. The average molecular weight is 284 g/mol. The van der Waals surface area contributed by atoms with Crippen LogP contribution in [0.4, 0.5) is 0 Å². The Morgan fingerprint density at radius 3 is 1.90 bits per heavy atom. The summed E-state index contributed by atoms with van der Waals surface area (Å²) in [5, 5.41) is 0. The molecule has 115 valence electrons. The molecule has 2 saturated carbocycles. The molecule has 0 saturated heterocycles. The van der Waals surface area contributed by atoms with E-state index in [2.05, 4.69) is 23.5 Å². The van der Waals surface area contributed by atoms with Crippen LogP contribution in [0.15, 0.2) is 24.5 Å². The van der Waals surface area contributed by atoms with Gasteiger partial charge in [0.05, 0.1) is 0 Å². The van der Waals surface area contributed by atoms with Gasteiger partial charge in [0, 0.05) is 12.4 Å². The predicted octanol–water partition coefficient (Wildman–Crippen LogP) is 5.80. The average Bonchev–Trinajstić information content (AvgIpc) is 2.58. The molecular weight excluding hydrogens is 254 g/mol. The molecule has 1 aromatic rings. The van der Waals surface area contributed by atoms with E-state index in [1.54, 1.807) is 0 Å². The first-order valence-corrected chi connectivity index (χ1v) is 9.17. The third-order valence-corrected chi connectivity index (χ3v) is 5.84. The number of nitrogens with zero attached hydrogens (tertiary/aromatic N) is 1. The highest BCUT2D eigenvalue weighted by Gasteiger charge is 2.30. The summed E-state index contributed by atoms with van der Waals surface area (Å²) in [5.74, 6) is 2.94. The molecule has 0 aliphatic heterocycles. The minimum Gasteiger partial charge on any atom is -0.265 e. The van der Waals surface area contributed by atoms with Crippen LogP contribution in [-0.2, 0) is 0 Å². The fourth-order valence-corrected chi connectivity index (χ4v) is 4.67. The quantitative estimate of drug-likeness (QED) is 0.665. The minimum atomic E-state index is 0.943. The van der Waals surface area contributed by atoms with E-state index >= 15 is 0 Å². The summed E-state index contributed by atoms with van der Waals surface area (Å²) in [4.78, 5) is 4.13. The Balaban J connectivity index is 1.62. The Kier molecular flexibility index (Phi) is 5.71. The second kappa shape index (κ2) is 7.96. The maximum Gasteiger partial charge on any atom is 0.0270 e. The molecule has 0 unspecified atom stereocenters. The number of pyridine rings is 1. The third-order valence-electron chi connectivity index (χ3n) is 5.84. The standard InChI is InChI=1S/C20H30N/c1-3-7-18(8-4-1)20(19-9-5-2-6-10-19)12-11-17-13-15-21-16-14-17/h11,13-16,18-20H,1-10,12H2. The Hall–Kier alpha value is -0.850. The maximum atomic E-state index is 4.13. The maximum absolute atomic E-state index is 4.13. The second-order valence-electron chi connectivity index (χ2n) is 7.18. The highest BCUT2D eigenvalue weighted by Crippen LogP contribution is 2.42. The van der Waals surface area contributed by atoms with Gasteiger partial charge in [0.1, 0.15) is 0 Å². The van der Waals surface area contributed by atoms with Crippen molar-refractivity contribution in [2.75, 3.05) is 0 Å². The molecule has 2 fully saturated rings. The number of hydrogen-bond donors (Lipinski definition) is 0. The van der Waals surface area contributed by atoms with Crippen LogP contribution < -0.4 is 0 Å². The van der Waals surface area contributed by atoms with Crippen LogP contribution >= 0.6 is 0 Å². The van der Waals surface area contributed by atoms with Gasteiger partial charge in [0.15, 0.2) is 0 Å². The molecule has 0 N–H and O–H groups in total. The Labute approximate surface area is 130 Å². The van der Waals surface area contributed by atoms with E-state index in [4.69, 9.17) is 0 Å². The lowest BCUT2D eigenvalue weighted by atomic mass is 9.68. The van der Waals surface area contributed by atoms with Crippen molar-refractivity contribution < 1.29 is 0 Å². The number of hydrogen-bond acceptors (Lipinski definition) is 1. The second-order valence-corrected chi connectivity index (χ2v) is 7.18. The molecular formula is C20H30N. The van der Waals surface area contributed by atoms with Crippen molar-refractivity contribution in [3.63, 3.8) is 0 Å². The molecule has 3 rings (SSSR count). The van der Waals surface area contributed by atoms with Crippen molar-refractivity contribution in [1.29, 1.82) is 0 Å². The lowest BCUT2D eigenvalue weighted by molar-refractivity contribution is 0.143. The van der Waals surface area contributed by atoms with Gasteiger partial charge in [0.25, 0.3) is 0 Å². The van der Waals surface area contributed by atoms with Gasteiger partial charge in [-0.1, -0.05) is 64.2 Å². The molecule has 0 bridgehead atoms. The minimum absolute atomic E-state index is 0.943. The summed E-state index contributed by atoms with van der Waals surface area (Å²) in [7, 11) is 0. The molecule has 1 radical (unpaired) electrons. The lowest BCUT2D eigenvalue weighted by Gasteiger charge is -2.38. The third kappa shape index (κ3) is 4.31. The zero-order chi connectivity index (χ0) is 14.3. The van der Waals surface area contributed by atoms with Gasteiger partial charge in [0.2, 0.25) is 0 Å². The molecule has 1 aromatic heterocycles. The molecule has 0 amide bonds. The summed E-state index contributed by atoms with van der Waals surface area (Å²) in [6.07, 6.45) is 22.4. The van der Waals surface area contributed by atoms with Crippen molar-refractivity contribution in [1.82, 2.24) is 4.98 Å². The molecule has 0 aromatic carbocycles. The van der Waals surface area contributed by atoms with E-state index in [-0.39, 0.29) is 0 Å². The fourth-order valence-electron chi connectivity index (χ4n) is 4.67. The van der Waals surface area contributed by atoms with Gasteiger partial charge in [-0.25, -0.2) is 0 Å². The summed E-state index contributed by atoms with van der Waals surface area (Å²) >= 11 is 0. The molecule has 0 spiro atoms. The van der Waals surface area contributed by atoms with E-state index in [0.29, 0.717) is 0 Å². The topological polar surface area (TPSA) is 12.9 Å². The van der Waals surface area contributed by atoms with Crippen LogP contribution in [-0.4, -0.2) is 4.98 Å². The summed E-state index contributed by atoms with van der Waals surface area (Å²) < 4.78 is 0. The Morgan fingerprint density at radius 2 is 1.38 bits per heavy atom. The van der Waals surface area contributed by atoms with E-state index in [9.17, 15) is 0 Å². The van der Waals surface area contributed by atoms with E-state index in [1.807, 2.05) is 12.4 Å². The summed E-state index contributed by atoms with van der Waals surface area (Å²) in [6.45, 7) is 0. The van der Waals surface area contributed by atoms with Crippen LogP contribution in [0.1, 0.15) is 76.2 Å². The van der Waals surface area contributed by atoms with Crippen LogP contribution in [0, 0.1) is 24.2 Å². The van der Waals surface area contributed by atoms with Gasteiger partial charge in [-0.2, -0.15) is 0 Å². The van der Waals surface area contributed by atoms with Gasteiger partial charge >= 0.3 is 0 Å². The molecule has 0 atom stereocenters. The van der Waals surface area contributed by atoms with E-state index < -0.39 is 0 Å². The van der Waals surface area contributed by atoms with Crippen molar-refractivity contribution >= 4 is 0 Å². The highest BCUT2D eigenvalue weighted by molar-refractivity contribution is 5.19. The van der Waals surface area contributed by atoms with Crippen LogP contribution in [0.3, 0.4) is 0 Å². The molecule has 1 heteroatoms. The fraction of sp³-hybridized carbons (Fsp3) is 0.700. The first-order chi connectivity index (χ1) is 10.4. The van der Waals surface area contributed by atoms with Gasteiger partial charge in [-0.15, -0.1) is 0 Å². The van der Waals surface area contributed by atoms with Gasteiger partial charge < -0.3 is 0 Å². The van der Waals surface area contributed by atoms with Crippen molar-refractivity contribution in [3.8, 4) is 0 Å². The monoisotopic (exact) mass is 284 g/mol. The highest BCUT2D eigenvalue weighted by atomic mass is 14.6.